The number of allylic oxidation sites excluding steroid dienone is 1. The van der Waals surface area contributed by atoms with E-state index in [1.165, 1.54) is 6.08 Å². The number of aromatic nitrogens is 1. The van der Waals surface area contributed by atoms with Crippen molar-refractivity contribution in [2.45, 2.75) is 57.0 Å². The standard InChI is InChI=1S/C18H19BrF5NO2/c1-8(2)6-10-11(7-9-4-3-5-12(9)19)15(18(22,23)24)25-14(16(20)21)13(10)17(26)27/h7-8,12,16H,3-6H2,1-2H3,(H,26,27). The Morgan fingerprint density at radius 1 is 1.37 bits per heavy atom. The highest BCUT2D eigenvalue weighted by Gasteiger charge is 2.40. The summed E-state index contributed by atoms with van der Waals surface area (Å²) < 4.78 is 67.6. The topological polar surface area (TPSA) is 50.2 Å². The van der Waals surface area contributed by atoms with Crippen molar-refractivity contribution >= 4 is 28.0 Å². The number of pyridine rings is 1. The van der Waals surface area contributed by atoms with Crippen LogP contribution in [0.4, 0.5) is 22.0 Å². The van der Waals surface area contributed by atoms with Gasteiger partial charge in [-0.2, -0.15) is 13.2 Å². The van der Waals surface area contributed by atoms with E-state index in [-0.39, 0.29) is 22.7 Å². The fourth-order valence-corrected chi connectivity index (χ4v) is 3.92. The number of hydrogen-bond donors (Lipinski definition) is 1. The molecule has 1 saturated carbocycles. The minimum Gasteiger partial charge on any atom is -0.478 e. The van der Waals surface area contributed by atoms with E-state index < -0.39 is 41.1 Å². The van der Waals surface area contributed by atoms with Gasteiger partial charge in [0, 0.05) is 10.4 Å². The highest BCUT2D eigenvalue weighted by atomic mass is 79.9. The second-order valence-electron chi connectivity index (χ2n) is 6.89. The molecule has 1 unspecified atom stereocenters. The van der Waals surface area contributed by atoms with Crippen molar-refractivity contribution in [3.05, 3.63) is 33.7 Å². The Morgan fingerprint density at radius 3 is 2.41 bits per heavy atom. The lowest BCUT2D eigenvalue weighted by atomic mass is 9.90. The number of alkyl halides is 6. The molecule has 0 radical (unpaired) electrons. The third-order valence-corrected chi connectivity index (χ3v) is 5.37. The third-order valence-electron chi connectivity index (χ3n) is 4.33. The van der Waals surface area contributed by atoms with E-state index in [0.29, 0.717) is 12.0 Å². The summed E-state index contributed by atoms with van der Waals surface area (Å²) in [5.74, 6) is -1.94. The quantitative estimate of drug-likeness (QED) is 0.420. The molecule has 1 aliphatic rings. The molecule has 1 atom stereocenters. The van der Waals surface area contributed by atoms with Gasteiger partial charge in [-0.1, -0.05) is 41.4 Å². The molecular weight excluding hydrogens is 437 g/mol. The molecule has 9 heteroatoms. The lowest BCUT2D eigenvalue weighted by Crippen LogP contribution is -2.21. The van der Waals surface area contributed by atoms with Crippen LogP contribution in [0, 0.1) is 5.92 Å². The molecule has 0 bridgehead atoms. The number of carboxylic acids is 1. The number of halogens is 6. The van der Waals surface area contributed by atoms with Crippen LogP contribution >= 0.6 is 15.9 Å². The summed E-state index contributed by atoms with van der Waals surface area (Å²) in [6.07, 6.45) is -5.16. The van der Waals surface area contributed by atoms with E-state index in [2.05, 4.69) is 20.9 Å². The smallest absolute Gasteiger partial charge is 0.433 e. The van der Waals surface area contributed by atoms with E-state index >= 15 is 0 Å². The summed E-state index contributed by atoms with van der Waals surface area (Å²) >= 11 is 3.39. The van der Waals surface area contributed by atoms with E-state index in [1.807, 2.05) is 0 Å². The van der Waals surface area contributed by atoms with Crippen molar-refractivity contribution in [2.75, 3.05) is 0 Å². The first-order valence-corrected chi connectivity index (χ1v) is 9.35. The van der Waals surface area contributed by atoms with Crippen molar-refractivity contribution in [1.29, 1.82) is 0 Å². The Bertz CT molecular complexity index is 759. The summed E-state index contributed by atoms with van der Waals surface area (Å²) in [6, 6.07) is 0. The van der Waals surface area contributed by atoms with Crippen LogP contribution in [-0.4, -0.2) is 20.9 Å². The van der Waals surface area contributed by atoms with Crippen LogP contribution in [0.2, 0.25) is 0 Å². The van der Waals surface area contributed by atoms with Crippen LogP contribution in [0.25, 0.3) is 6.08 Å². The second kappa shape index (κ2) is 8.24. The van der Waals surface area contributed by atoms with Crippen molar-refractivity contribution < 1.29 is 31.9 Å². The molecule has 1 fully saturated rings. The minimum atomic E-state index is -4.99. The van der Waals surface area contributed by atoms with Gasteiger partial charge >= 0.3 is 12.1 Å². The van der Waals surface area contributed by atoms with Gasteiger partial charge in [-0.25, -0.2) is 18.6 Å². The molecule has 1 heterocycles. The van der Waals surface area contributed by atoms with Gasteiger partial charge in [-0.05, 0) is 37.2 Å². The molecule has 1 aromatic heterocycles. The molecule has 0 amide bonds. The first kappa shape index (κ1) is 21.8. The van der Waals surface area contributed by atoms with Crippen LogP contribution < -0.4 is 0 Å². The van der Waals surface area contributed by atoms with Gasteiger partial charge in [0.15, 0.2) is 5.69 Å². The van der Waals surface area contributed by atoms with Crippen molar-refractivity contribution in [2.24, 2.45) is 5.92 Å². The Kier molecular flexibility index (Phi) is 6.65. The summed E-state index contributed by atoms with van der Waals surface area (Å²) in [5.41, 5.74) is -3.61. The molecule has 1 aliphatic carbocycles. The van der Waals surface area contributed by atoms with E-state index in [1.54, 1.807) is 13.8 Å². The molecule has 1 N–H and O–H groups in total. The highest BCUT2D eigenvalue weighted by Crippen LogP contribution is 2.40. The maximum atomic E-state index is 13.6. The molecule has 3 nitrogen and oxygen atoms in total. The highest BCUT2D eigenvalue weighted by molar-refractivity contribution is 9.09. The van der Waals surface area contributed by atoms with Crippen molar-refractivity contribution in [1.82, 2.24) is 4.98 Å². The lowest BCUT2D eigenvalue weighted by molar-refractivity contribution is -0.141. The zero-order valence-corrected chi connectivity index (χ0v) is 16.3. The number of hydrogen-bond acceptors (Lipinski definition) is 2. The monoisotopic (exact) mass is 455 g/mol. The Balaban J connectivity index is 2.91. The predicted molar refractivity (Wildman–Crippen MR) is 94.2 cm³/mol. The molecular formula is C18H19BrF5NO2. The normalized spacial score (nSPS) is 19.5. The zero-order chi connectivity index (χ0) is 20.5. The van der Waals surface area contributed by atoms with Crippen LogP contribution in [0.3, 0.4) is 0 Å². The van der Waals surface area contributed by atoms with Crippen LogP contribution in [-0.2, 0) is 12.6 Å². The van der Waals surface area contributed by atoms with Gasteiger partial charge in [0.05, 0.1) is 5.56 Å². The molecule has 1 aromatic rings. The van der Waals surface area contributed by atoms with Gasteiger partial charge < -0.3 is 5.11 Å². The number of carbonyl (C=O) groups is 1. The van der Waals surface area contributed by atoms with Crippen LogP contribution in [0.15, 0.2) is 5.57 Å². The van der Waals surface area contributed by atoms with Gasteiger partial charge in [0.25, 0.3) is 6.43 Å². The van der Waals surface area contributed by atoms with Crippen LogP contribution in [0.5, 0.6) is 0 Å². The minimum absolute atomic E-state index is 0.0843. The summed E-state index contributed by atoms with van der Waals surface area (Å²) in [7, 11) is 0. The van der Waals surface area contributed by atoms with Crippen molar-refractivity contribution in [3.63, 3.8) is 0 Å². The van der Waals surface area contributed by atoms with E-state index in [9.17, 15) is 31.9 Å². The van der Waals surface area contributed by atoms with E-state index in [4.69, 9.17) is 0 Å². The lowest BCUT2D eigenvalue weighted by Gasteiger charge is -2.21. The molecule has 0 aliphatic heterocycles. The fraction of sp³-hybridized carbons (Fsp3) is 0.556. The Morgan fingerprint density at radius 2 is 2.00 bits per heavy atom. The van der Waals surface area contributed by atoms with Gasteiger partial charge in [0.1, 0.15) is 5.69 Å². The average Bonchev–Trinajstić information content (AvgIpc) is 2.91. The summed E-state index contributed by atoms with van der Waals surface area (Å²) in [5, 5.41) is 9.45. The number of nitrogens with zero attached hydrogens (tertiary/aromatic N) is 1. The SMILES string of the molecule is CC(C)Cc1c(C=C2CCCC2Br)c(C(F)(F)F)nc(C(F)F)c1C(=O)O. The molecule has 0 aromatic carbocycles. The van der Waals surface area contributed by atoms with Gasteiger partial charge in [0.2, 0.25) is 0 Å². The first-order valence-electron chi connectivity index (χ1n) is 8.43. The Labute approximate surface area is 161 Å². The van der Waals surface area contributed by atoms with Crippen LogP contribution in [0.1, 0.15) is 72.4 Å². The summed E-state index contributed by atoms with van der Waals surface area (Å²) in [4.78, 5) is 14.6. The third kappa shape index (κ3) is 4.86. The molecule has 150 valence electrons. The number of rotatable bonds is 5. The second-order valence-corrected chi connectivity index (χ2v) is 8.00. The molecule has 27 heavy (non-hydrogen) atoms. The summed E-state index contributed by atoms with van der Waals surface area (Å²) in [6.45, 7) is 3.36. The molecule has 2 rings (SSSR count). The molecule has 0 spiro atoms. The number of aromatic carboxylic acids is 1. The fourth-order valence-electron chi connectivity index (χ4n) is 3.23. The molecule has 0 saturated heterocycles. The van der Waals surface area contributed by atoms with Crippen molar-refractivity contribution in [3.8, 4) is 0 Å². The van der Waals surface area contributed by atoms with Gasteiger partial charge in [-0.15, -0.1) is 0 Å². The largest absolute Gasteiger partial charge is 0.478 e. The van der Waals surface area contributed by atoms with Gasteiger partial charge in [-0.3, -0.25) is 0 Å². The maximum Gasteiger partial charge on any atom is 0.433 e. The number of carboxylic acid groups (broad SMARTS) is 1. The Hall–Kier alpha value is -1.51. The zero-order valence-electron chi connectivity index (χ0n) is 14.7. The van der Waals surface area contributed by atoms with E-state index in [0.717, 1.165) is 12.8 Å². The first-order chi connectivity index (χ1) is 12.4. The maximum absolute atomic E-state index is 13.6. The predicted octanol–water partition coefficient (Wildman–Crippen LogP) is 6.27. The average molecular weight is 456 g/mol.